The molecule has 0 amide bonds. The van der Waals surface area contributed by atoms with Crippen molar-refractivity contribution in [1.82, 2.24) is 4.98 Å². The summed E-state index contributed by atoms with van der Waals surface area (Å²) in [5.74, 6) is -0.312. The minimum Gasteiger partial charge on any atom is -0.331 e. The normalized spacial score (nSPS) is 8.00. The maximum Gasteiger partial charge on any atom is 1.00 e. The molecule has 0 aliphatic carbocycles. The van der Waals surface area contributed by atoms with Gasteiger partial charge in [0, 0.05) is 12.0 Å². The van der Waals surface area contributed by atoms with Gasteiger partial charge in [-0.2, -0.15) is 0 Å². The molecule has 1 aromatic rings. The Balaban J connectivity index is 0.00000121. The minimum atomic E-state index is -0.312. The monoisotopic (exact) mass is 171 g/mol. The van der Waals surface area contributed by atoms with E-state index in [1.54, 1.807) is 18.3 Å². The van der Waals surface area contributed by atoms with E-state index in [1.807, 2.05) is 0 Å². The molecule has 3 nitrogen and oxygen atoms in total. The van der Waals surface area contributed by atoms with Gasteiger partial charge in [0.05, 0.1) is 6.29 Å². The second-order valence-corrected chi connectivity index (χ2v) is 1.91. The number of pyridine rings is 1. The average molecular weight is 171 g/mol. The van der Waals surface area contributed by atoms with Gasteiger partial charge in [-0.1, -0.05) is 6.07 Å². The first-order valence-electron chi connectivity index (χ1n) is 3.07. The molecule has 0 spiro atoms. The smallest absolute Gasteiger partial charge is 0.331 e. The molecule has 0 aliphatic heterocycles. The van der Waals surface area contributed by atoms with Gasteiger partial charge in [0.2, 0.25) is 0 Å². The van der Waals surface area contributed by atoms with Crippen LogP contribution in [0.15, 0.2) is 24.5 Å². The second kappa shape index (κ2) is 5.94. The third-order valence-electron chi connectivity index (χ3n) is 1.17. The molecule has 1 aromatic heterocycles. The summed E-state index contributed by atoms with van der Waals surface area (Å²) in [4.78, 5) is 24.5. The van der Waals surface area contributed by atoms with Crippen LogP contribution in [-0.4, -0.2) is 17.1 Å². The molecular formula is C8H6NNaO2. The summed E-state index contributed by atoms with van der Waals surface area (Å²) in [5.41, 5.74) is 0.430. The number of hydrogen-bond donors (Lipinski definition) is 0. The first-order valence-corrected chi connectivity index (χ1v) is 3.07. The Morgan fingerprint density at radius 1 is 1.58 bits per heavy atom. The first kappa shape index (κ1) is 11.4. The third-order valence-corrected chi connectivity index (χ3v) is 1.17. The standard InChI is InChI=1S/C8H6NO2.Na/c10-5-3-8(11)7-2-1-4-9-6-7;/h1-6H;/q-1;+1. The first-order chi connectivity index (χ1) is 5.34. The fourth-order valence-electron chi connectivity index (χ4n) is 0.667. The van der Waals surface area contributed by atoms with E-state index < -0.39 is 0 Å². The summed E-state index contributed by atoms with van der Waals surface area (Å²) in [6.07, 6.45) is 4.42. The quantitative estimate of drug-likeness (QED) is 0.168. The molecule has 0 atom stereocenters. The van der Waals surface area contributed by atoms with Crippen molar-refractivity contribution >= 4 is 12.1 Å². The van der Waals surface area contributed by atoms with E-state index >= 15 is 0 Å². The van der Waals surface area contributed by atoms with Gasteiger partial charge in [0.15, 0.2) is 0 Å². The molecule has 0 N–H and O–H groups in total. The molecule has 0 aliphatic rings. The number of nitrogens with zero attached hydrogens (tertiary/aromatic N) is 1. The molecule has 0 fully saturated rings. The maximum atomic E-state index is 10.9. The van der Waals surface area contributed by atoms with Gasteiger partial charge in [-0.05, 0) is 6.20 Å². The van der Waals surface area contributed by atoms with E-state index in [2.05, 4.69) is 4.98 Å². The zero-order valence-corrected chi connectivity index (χ0v) is 8.73. The zero-order valence-electron chi connectivity index (χ0n) is 6.73. The van der Waals surface area contributed by atoms with Crippen LogP contribution in [0.25, 0.3) is 0 Å². The fourth-order valence-corrected chi connectivity index (χ4v) is 0.667. The number of carbonyl (C=O) groups is 2. The summed E-state index contributed by atoms with van der Waals surface area (Å²) in [6.45, 7) is 0. The van der Waals surface area contributed by atoms with Crippen LogP contribution in [0.1, 0.15) is 10.4 Å². The van der Waals surface area contributed by atoms with Crippen molar-refractivity contribution < 1.29 is 39.1 Å². The number of aldehydes is 1. The number of rotatable bonds is 3. The van der Waals surface area contributed by atoms with Gasteiger partial charge in [0.25, 0.3) is 0 Å². The largest absolute Gasteiger partial charge is 1.00 e. The van der Waals surface area contributed by atoms with Crippen LogP contribution in [0.2, 0.25) is 0 Å². The zero-order chi connectivity index (χ0) is 8.10. The Labute approximate surface area is 92.5 Å². The molecule has 0 saturated heterocycles. The van der Waals surface area contributed by atoms with Crippen molar-refractivity contribution in [3.8, 4) is 0 Å². The third kappa shape index (κ3) is 3.17. The Bertz CT molecular complexity index is 261. The predicted molar refractivity (Wildman–Crippen MR) is 38.9 cm³/mol. The molecule has 1 rings (SSSR count). The van der Waals surface area contributed by atoms with Crippen molar-refractivity contribution in [2.45, 2.75) is 0 Å². The van der Waals surface area contributed by atoms with Crippen molar-refractivity contribution in [3.63, 3.8) is 0 Å². The summed E-state index contributed by atoms with van der Waals surface area (Å²) in [7, 11) is 0. The topological polar surface area (TPSA) is 47.0 Å². The molecule has 0 aromatic carbocycles. The van der Waals surface area contributed by atoms with Gasteiger partial charge < -0.3 is 9.59 Å². The molecule has 1 heterocycles. The molecule has 56 valence electrons. The number of Topliss-reactive ketones (excluding diaryl/α,β-unsaturated/α-hetero) is 1. The molecule has 0 unspecified atom stereocenters. The molecule has 0 radical (unpaired) electrons. The Morgan fingerprint density at radius 3 is 2.83 bits per heavy atom. The van der Waals surface area contributed by atoms with Gasteiger partial charge in [-0.25, -0.2) is 0 Å². The van der Waals surface area contributed by atoms with Crippen molar-refractivity contribution in [1.29, 1.82) is 0 Å². The number of hydrogen-bond acceptors (Lipinski definition) is 3. The van der Waals surface area contributed by atoms with Crippen molar-refractivity contribution in [2.75, 3.05) is 0 Å². The average Bonchev–Trinajstić information content (AvgIpc) is 2.07. The van der Waals surface area contributed by atoms with E-state index in [1.165, 1.54) is 6.20 Å². The Kier molecular flexibility index (Phi) is 5.62. The second-order valence-electron chi connectivity index (χ2n) is 1.91. The summed E-state index contributed by atoms with van der Waals surface area (Å²) in [5, 5.41) is 0. The van der Waals surface area contributed by atoms with E-state index in [0.717, 1.165) is 6.42 Å². The predicted octanol–water partition coefficient (Wildman–Crippen LogP) is -2.33. The summed E-state index contributed by atoms with van der Waals surface area (Å²) >= 11 is 0. The molecule has 12 heavy (non-hydrogen) atoms. The number of aromatic nitrogens is 1. The van der Waals surface area contributed by atoms with Crippen LogP contribution in [0.4, 0.5) is 0 Å². The van der Waals surface area contributed by atoms with E-state index in [9.17, 15) is 9.59 Å². The number of carbonyl (C=O) groups excluding carboxylic acids is 2. The van der Waals surface area contributed by atoms with Crippen LogP contribution in [0, 0.1) is 6.42 Å². The summed E-state index contributed by atoms with van der Waals surface area (Å²) in [6, 6.07) is 3.25. The SMILES string of the molecule is O=C[CH-]C(=O)c1cccnc1.[Na+]. The van der Waals surface area contributed by atoms with Crippen LogP contribution in [-0.2, 0) is 4.79 Å². The molecule has 0 saturated carbocycles. The molecule has 0 bridgehead atoms. The van der Waals surface area contributed by atoms with Crippen LogP contribution < -0.4 is 29.6 Å². The number of ketones is 1. The van der Waals surface area contributed by atoms with Gasteiger partial charge in [0.1, 0.15) is 0 Å². The summed E-state index contributed by atoms with van der Waals surface area (Å²) < 4.78 is 0. The molecular weight excluding hydrogens is 165 g/mol. The fraction of sp³-hybridized carbons (Fsp3) is 0. The maximum absolute atomic E-state index is 10.9. The Morgan fingerprint density at radius 2 is 2.33 bits per heavy atom. The van der Waals surface area contributed by atoms with E-state index in [0.29, 0.717) is 11.8 Å². The van der Waals surface area contributed by atoms with Gasteiger partial charge in [-0.3, -0.25) is 4.98 Å². The minimum absolute atomic E-state index is 0. The van der Waals surface area contributed by atoms with Crippen LogP contribution >= 0.6 is 0 Å². The van der Waals surface area contributed by atoms with E-state index in [4.69, 9.17) is 0 Å². The van der Waals surface area contributed by atoms with Crippen LogP contribution in [0.5, 0.6) is 0 Å². The van der Waals surface area contributed by atoms with Crippen molar-refractivity contribution in [2.24, 2.45) is 0 Å². The van der Waals surface area contributed by atoms with Gasteiger partial charge in [-0.15, -0.1) is 18.1 Å². The van der Waals surface area contributed by atoms with E-state index in [-0.39, 0.29) is 35.3 Å². The van der Waals surface area contributed by atoms with Crippen LogP contribution in [0.3, 0.4) is 0 Å². The Hall–Kier alpha value is -0.640. The molecule has 4 heteroatoms. The van der Waals surface area contributed by atoms with Crippen molar-refractivity contribution in [3.05, 3.63) is 36.5 Å². The van der Waals surface area contributed by atoms with Gasteiger partial charge >= 0.3 is 29.6 Å².